The number of fused-ring (bicyclic) bond motifs is 2. The van der Waals surface area contributed by atoms with Crippen LogP contribution in [0.25, 0.3) is 0 Å². The molecule has 0 saturated heterocycles. The Bertz CT molecular complexity index is 836. The summed E-state index contributed by atoms with van der Waals surface area (Å²) in [5.74, 6) is -0.625. The molecule has 0 bridgehead atoms. The first kappa shape index (κ1) is 14.9. The average Bonchev–Trinajstić information content (AvgIpc) is 3.00. The molecule has 124 valence electrons. The topological polar surface area (TPSA) is 91.1 Å². The molecule has 2 atom stereocenters. The number of nitro benzene ring substituents is 1. The van der Waals surface area contributed by atoms with E-state index in [2.05, 4.69) is 0 Å². The van der Waals surface area contributed by atoms with Crippen molar-refractivity contribution in [3.8, 4) is 11.5 Å². The minimum Gasteiger partial charge on any atom is -0.454 e. The fraction of sp³-hybridized carbons (Fsp3) is 0.294. The standard InChI is InChI=1S/C17H15NO6/c1-10-5-11-6-15-16(23-9-22-15)8-14(11)17(19,24-10)12-3-2-4-13(7-12)18(20)21/h2-4,6-8,10,19H,5,9H2,1H3/t10-,17?/m0/s1. The second-order valence-corrected chi connectivity index (χ2v) is 5.95. The van der Waals surface area contributed by atoms with Gasteiger partial charge >= 0.3 is 0 Å². The van der Waals surface area contributed by atoms with Crippen LogP contribution >= 0.6 is 0 Å². The van der Waals surface area contributed by atoms with Crippen LogP contribution in [-0.4, -0.2) is 22.9 Å². The maximum atomic E-state index is 11.3. The van der Waals surface area contributed by atoms with Gasteiger partial charge in [-0.3, -0.25) is 10.1 Å². The van der Waals surface area contributed by atoms with Gasteiger partial charge in [0.15, 0.2) is 11.5 Å². The maximum absolute atomic E-state index is 11.3. The number of nitrogens with zero attached hydrogens (tertiary/aromatic N) is 1. The van der Waals surface area contributed by atoms with Crippen LogP contribution in [-0.2, 0) is 16.9 Å². The van der Waals surface area contributed by atoms with Crippen molar-refractivity contribution in [3.63, 3.8) is 0 Å². The highest BCUT2D eigenvalue weighted by atomic mass is 16.7. The molecule has 4 rings (SSSR count). The smallest absolute Gasteiger partial charge is 0.269 e. The van der Waals surface area contributed by atoms with Gasteiger partial charge < -0.3 is 19.3 Å². The predicted molar refractivity (Wildman–Crippen MR) is 82.9 cm³/mol. The fourth-order valence-corrected chi connectivity index (χ4v) is 3.23. The van der Waals surface area contributed by atoms with Crippen LogP contribution in [0.2, 0.25) is 0 Å². The van der Waals surface area contributed by atoms with E-state index in [0.717, 1.165) is 5.56 Å². The van der Waals surface area contributed by atoms with Crippen LogP contribution in [0.1, 0.15) is 23.6 Å². The summed E-state index contributed by atoms with van der Waals surface area (Å²) in [5, 5.41) is 22.3. The molecule has 1 N–H and O–H groups in total. The van der Waals surface area contributed by atoms with E-state index in [1.165, 1.54) is 18.2 Å². The highest BCUT2D eigenvalue weighted by molar-refractivity contribution is 5.54. The maximum Gasteiger partial charge on any atom is 0.269 e. The molecule has 2 aromatic carbocycles. The number of benzene rings is 2. The number of ether oxygens (including phenoxy) is 3. The molecule has 1 unspecified atom stereocenters. The number of hydrogen-bond donors (Lipinski definition) is 1. The van der Waals surface area contributed by atoms with Crippen molar-refractivity contribution in [2.75, 3.05) is 6.79 Å². The monoisotopic (exact) mass is 329 g/mol. The Morgan fingerprint density at radius 3 is 2.75 bits per heavy atom. The highest BCUT2D eigenvalue weighted by Gasteiger charge is 2.42. The summed E-state index contributed by atoms with van der Waals surface area (Å²) in [5.41, 5.74) is 1.59. The summed E-state index contributed by atoms with van der Waals surface area (Å²) in [6, 6.07) is 9.35. The number of rotatable bonds is 2. The van der Waals surface area contributed by atoms with Gasteiger partial charge in [0.2, 0.25) is 12.6 Å². The summed E-state index contributed by atoms with van der Waals surface area (Å²) in [7, 11) is 0. The first-order valence-electron chi connectivity index (χ1n) is 7.55. The summed E-state index contributed by atoms with van der Waals surface area (Å²) >= 11 is 0. The fourth-order valence-electron chi connectivity index (χ4n) is 3.23. The van der Waals surface area contributed by atoms with Crippen molar-refractivity contribution in [2.24, 2.45) is 0 Å². The van der Waals surface area contributed by atoms with Gasteiger partial charge in [0.25, 0.3) is 5.69 Å². The third-order valence-electron chi connectivity index (χ3n) is 4.29. The Labute approximate surface area is 137 Å². The van der Waals surface area contributed by atoms with Crippen LogP contribution in [0.15, 0.2) is 36.4 Å². The summed E-state index contributed by atoms with van der Waals surface area (Å²) in [6.07, 6.45) is 0.338. The van der Waals surface area contributed by atoms with Gasteiger partial charge in [0.05, 0.1) is 11.0 Å². The summed E-state index contributed by atoms with van der Waals surface area (Å²) in [6.45, 7) is 1.97. The molecule has 0 amide bonds. The van der Waals surface area contributed by atoms with E-state index in [1.54, 1.807) is 12.1 Å². The second-order valence-electron chi connectivity index (χ2n) is 5.95. The molecule has 2 aliphatic rings. The van der Waals surface area contributed by atoms with Crippen molar-refractivity contribution in [2.45, 2.75) is 25.2 Å². The molecule has 2 aliphatic heterocycles. The molecule has 0 spiro atoms. The summed E-state index contributed by atoms with van der Waals surface area (Å²) in [4.78, 5) is 10.5. The zero-order chi connectivity index (χ0) is 16.9. The Morgan fingerprint density at radius 2 is 2.00 bits per heavy atom. The van der Waals surface area contributed by atoms with E-state index in [1.807, 2.05) is 13.0 Å². The quantitative estimate of drug-likeness (QED) is 0.672. The lowest BCUT2D eigenvalue weighted by Crippen LogP contribution is -2.40. The third kappa shape index (κ3) is 2.21. The molecule has 24 heavy (non-hydrogen) atoms. The number of nitro groups is 1. The van der Waals surface area contributed by atoms with E-state index in [0.29, 0.717) is 29.0 Å². The number of hydrogen-bond acceptors (Lipinski definition) is 6. The molecule has 0 aromatic heterocycles. The first-order valence-corrected chi connectivity index (χ1v) is 7.55. The van der Waals surface area contributed by atoms with Crippen molar-refractivity contribution in [3.05, 3.63) is 63.2 Å². The molecule has 0 saturated carbocycles. The SMILES string of the molecule is C[C@H]1Cc2cc3c(cc2C(O)(c2cccc([N+](=O)[O-])c2)O1)OCO3. The van der Waals surface area contributed by atoms with Crippen molar-refractivity contribution >= 4 is 5.69 Å². The molecule has 2 aromatic rings. The lowest BCUT2D eigenvalue weighted by atomic mass is 9.87. The van der Waals surface area contributed by atoms with Crippen LogP contribution < -0.4 is 9.47 Å². The number of non-ortho nitro benzene ring substituents is 1. The lowest BCUT2D eigenvalue weighted by molar-refractivity contribution is -0.385. The van der Waals surface area contributed by atoms with Crippen molar-refractivity contribution in [1.82, 2.24) is 0 Å². The third-order valence-corrected chi connectivity index (χ3v) is 4.29. The van der Waals surface area contributed by atoms with E-state index in [9.17, 15) is 15.2 Å². The van der Waals surface area contributed by atoms with Crippen LogP contribution in [0.3, 0.4) is 0 Å². The Morgan fingerprint density at radius 1 is 1.25 bits per heavy atom. The van der Waals surface area contributed by atoms with Gasteiger partial charge in [-0.2, -0.15) is 0 Å². The molecule has 2 heterocycles. The van der Waals surface area contributed by atoms with E-state index < -0.39 is 10.7 Å². The largest absolute Gasteiger partial charge is 0.454 e. The Balaban J connectivity index is 1.89. The second kappa shape index (κ2) is 5.19. The van der Waals surface area contributed by atoms with Gasteiger partial charge in [-0.25, -0.2) is 0 Å². The van der Waals surface area contributed by atoms with Gasteiger partial charge in [0, 0.05) is 23.3 Å². The van der Waals surface area contributed by atoms with Gasteiger partial charge in [-0.1, -0.05) is 12.1 Å². The van der Waals surface area contributed by atoms with Crippen LogP contribution in [0, 0.1) is 10.1 Å². The molecule has 0 radical (unpaired) electrons. The van der Waals surface area contributed by atoms with Gasteiger partial charge in [0.1, 0.15) is 0 Å². The minimum atomic E-state index is -1.78. The highest BCUT2D eigenvalue weighted by Crippen LogP contribution is 2.45. The van der Waals surface area contributed by atoms with Crippen LogP contribution in [0.4, 0.5) is 5.69 Å². The number of aliphatic hydroxyl groups is 1. The molecule has 0 fully saturated rings. The molecular weight excluding hydrogens is 314 g/mol. The molecule has 0 aliphatic carbocycles. The Hall–Kier alpha value is -2.64. The van der Waals surface area contributed by atoms with Gasteiger partial charge in [-0.05, 0) is 31.0 Å². The lowest BCUT2D eigenvalue weighted by Gasteiger charge is -2.38. The average molecular weight is 329 g/mol. The zero-order valence-corrected chi connectivity index (χ0v) is 12.9. The minimum absolute atomic E-state index is 0.106. The summed E-state index contributed by atoms with van der Waals surface area (Å²) < 4.78 is 16.6. The van der Waals surface area contributed by atoms with Crippen LogP contribution in [0.5, 0.6) is 11.5 Å². The van der Waals surface area contributed by atoms with E-state index in [-0.39, 0.29) is 18.6 Å². The molecule has 7 heteroatoms. The first-order chi connectivity index (χ1) is 11.5. The van der Waals surface area contributed by atoms with Crippen molar-refractivity contribution < 1.29 is 24.2 Å². The van der Waals surface area contributed by atoms with Crippen molar-refractivity contribution in [1.29, 1.82) is 0 Å². The van der Waals surface area contributed by atoms with Gasteiger partial charge in [-0.15, -0.1) is 0 Å². The molecular formula is C17H15NO6. The predicted octanol–water partition coefficient (Wildman–Crippen LogP) is 2.48. The normalized spacial score (nSPS) is 24.5. The Kier molecular flexibility index (Phi) is 3.22. The van der Waals surface area contributed by atoms with E-state index in [4.69, 9.17) is 14.2 Å². The molecule has 7 nitrogen and oxygen atoms in total. The zero-order valence-electron chi connectivity index (χ0n) is 12.9. The van der Waals surface area contributed by atoms with E-state index >= 15 is 0 Å².